The molecule has 0 unspecified atom stereocenters. The molecule has 0 amide bonds. The van der Waals surface area contributed by atoms with E-state index in [9.17, 15) is 16.4 Å². The van der Waals surface area contributed by atoms with Crippen LogP contribution in [-0.4, -0.2) is 0 Å². The smallest absolute Gasteiger partial charge is 0.143 e. The zero-order valence-electron chi connectivity index (χ0n) is 54.9. The maximum absolute atomic E-state index is 9.63. The van der Waals surface area contributed by atoms with E-state index in [1.807, 2.05) is 0 Å². The highest BCUT2D eigenvalue weighted by Gasteiger charge is 2.21. The molecule has 1 heterocycles. The van der Waals surface area contributed by atoms with Crippen molar-refractivity contribution in [3.63, 3.8) is 0 Å². The van der Waals surface area contributed by atoms with Gasteiger partial charge in [0.25, 0.3) is 0 Å². The van der Waals surface area contributed by atoms with Crippen molar-refractivity contribution in [3.05, 3.63) is 187 Å². The first kappa shape index (κ1) is 10.6. The van der Waals surface area contributed by atoms with Crippen molar-refractivity contribution in [1.82, 2.24) is 0 Å². The van der Waals surface area contributed by atoms with Crippen molar-refractivity contribution < 1.29 is 46.9 Å². The fraction of sp³-hybridized carbons (Fsp3) is 0. The summed E-state index contributed by atoms with van der Waals surface area (Å²) in [4.78, 5) is 0.293. The van der Waals surface area contributed by atoms with Gasteiger partial charge in [-0.15, -0.1) is 0 Å². The number of para-hydroxylation sites is 1. The van der Waals surface area contributed by atoms with Crippen molar-refractivity contribution in [2.75, 3.05) is 4.90 Å². The summed E-state index contributed by atoms with van der Waals surface area (Å²) in [5, 5.41) is -2.40. The van der Waals surface area contributed by atoms with Crippen LogP contribution in [0.25, 0.3) is 66.1 Å². The highest BCUT2D eigenvalue weighted by molar-refractivity contribution is 6.19. The Kier molecular flexibility index (Phi) is 2.59. The maximum Gasteiger partial charge on any atom is 0.143 e. The molecule has 0 saturated heterocycles. The van der Waals surface area contributed by atoms with E-state index < -0.39 is 270 Å². The van der Waals surface area contributed by atoms with Gasteiger partial charge < -0.3 is 9.32 Å². The summed E-state index contributed by atoms with van der Waals surface area (Å²) >= 11 is 0. The molecule has 48 heavy (non-hydrogen) atoms. The molecule has 2 nitrogen and oxygen atoms in total. The Morgan fingerprint density at radius 1 is 0.396 bits per heavy atom. The van der Waals surface area contributed by atoms with Crippen LogP contribution < -0.4 is 4.90 Å². The molecule has 2 heteroatoms. The number of hydrogen-bond acceptors (Lipinski definition) is 2. The molecule has 9 aromatic rings. The van der Waals surface area contributed by atoms with Gasteiger partial charge in [-0.25, -0.2) is 0 Å². The fourth-order valence-electron chi connectivity index (χ4n) is 4.98. The van der Waals surface area contributed by atoms with Crippen LogP contribution in [0.1, 0.15) is 42.5 Å². The normalized spacial score (nSPS) is 20.4. The molecule has 0 fully saturated rings. The van der Waals surface area contributed by atoms with Crippen LogP contribution in [0.5, 0.6) is 0 Å². The van der Waals surface area contributed by atoms with Crippen molar-refractivity contribution in [2.24, 2.45) is 0 Å². The number of anilines is 3. The number of rotatable bonds is 6. The standard InChI is InChI=1S/C46H31NO/c1-3-12-32(13-4-1)34-22-27-37(28-23-34)47(38-29-24-35(25-30-38)33-14-5-2-6-15-33)43-20-10-9-18-40(43)41-19-11-21-44-45(41)42-31-26-36-16-7-8-17-39(36)46(42)48-44/h1-31H/i1D,2D,3D,4D,5D,6D,7D,8D,9D,10D,11D,12D,13D,14D,15D,16D,17D,18D,19D,20D,21D,22D,23D,24D,25D,26D,27D,28D,29D,30D,31D. The summed E-state index contributed by atoms with van der Waals surface area (Å²) in [6.07, 6.45) is 0. The lowest BCUT2D eigenvalue weighted by molar-refractivity contribution is 0.673. The number of nitrogens with zero attached hydrogens (tertiary/aromatic N) is 1. The molecule has 226 valence electrons. The molecule has 0 atom stereocenters. The molecule has 0 spiro atoms. The third-order valence-electron chi connectivity index (χ3n) is 7.06. The first-order valence-electron chi connectivity index (χ1n) is 29.3. The van der Waals surface area contributed by atoms with Gasteiger partial charge in [0.05, 0.1) is 48.2 Å². The summed E-state index contributed by atoms with van der Waals surface area (Å²) in [5.41, 5.74) is -10.6. The minimum atomic E-state index is -1.33. The van der Waals surface area contributed by atoms with E-state index in [1.165, 1.54) is 0 Å². The topological polar surface area (TPSA) is 16.4 Å². The van der Waals surface area contributed by atoms with Crippen LogP contribution >= 0.6 is 0 Å². The molecule has 9 rings (SSSR count). The van der Waals surface area contributed by atoms with Gasteiger partial charge in [-0.2, -0.15) is 0 Å². The molecular weight excluding hydrogens is 583 g/mol. The summed E-state index contributed by atoms with van der Waals surface area (Å²) in [7, 11) is 0. The molecule has 1 aromatic heterocycles. The Labute approximate surface area is 323 Å². The molecule has 0 aliphatic carbocycles. The highest BCUT2D eigenvalue weighted by atomic mass is 16.3. The third kappa shape index (κ3) is 4.83. The number of hydrogen-bond donors (Lipinski definition) is 0. The number of benzene rings is 8. The van der Waals surface area contributed by atoms with E-state index in [1.54, 1.807) is 0 Å². The molecular formula is C46H31NO. The molecule has 0 radical (unpaired) electrons. The Hall–Kier alpha value is -6.38. The van der Waals surface area contributed by atoms with Gasteiger partial charge in [0.1, 0.15) is 11.2 Å². The lowest BCUT2D eigenvalue weighted by atomic mass is 9.96. The van der Waals surface area contributed by atoms with E-state index in [0.29, 0.717) is 4.90 Å². The van der Waals surface area contributed by atoms with Crippen LogP contribution in [0.4, 0.5) is 17.1 Å². The highest BCUT2D eigenvalue weighted by Crippen LogP contribution is 2.46. The molecule has 0 aliphatic heterocycles. The lowest BCUT2D eigenvalue weighted by Crippen LogP contribution is -2.11. The maximum atomic E-state index is 9.63. The van der Waals surface area contributed by atoms with Gasteiger partial charge in [-0.1, -0.05) is 145 Å². The lowest BCUT2D eigenvalue weighted by Gasteiger charge is -2.28. The van der Waals surface area contributed by atoms with Crippen molar-refractivity contribution in [3.8, 4) is 33.4 Å². The molecule has 0 N–H and O–H groups in total. The zero-order valence-corrected chi connectivity index (χ0v) is 23.9. The molecule has 0 bridgehead atoms. The summed E-state index contributed by atoms with van der Waals surface area (Å²) in [6.45, 7) is 0. The van der Waals surface area contributed by atoms with Crippen LogP contribution in [0.2, 0.25) is 0 Å². The van der Waals surface area contributed by atoms with Gasteiger partial charge in [0, 0.05) is 33.1 Å². The average Bonchev–Trinajstić information content (AvgIpc) is 3.60. The van der Waals surface area contributed by atoms with E-state index in [4.69, 9.17) is 30.5 Å². The predicted molar refractivity (Wildman–Crippen MR) is 202 cm³/mol. The minimum absolute atomic E-state index is 0.293. The van der Waals surface area contributed by atoms with Crippen LogP contribution in [-0.2, 0) is 0 Å². The van der Waals surface area contributed by atoms with E-state index in [2.05, 4.69) is 0 Å². The van der Waals surface area contributed by atoms with Gasteiger partial charge in [-0.05, 0) is 75.5 Å². The van der Waals surface area contributed by atoms with E-state index >= 15 is 0 Å². The van der Waals surface area contributed by atoms with Gasteiger partial charge in [0.15, 0.2) is 0 Å². The Morgan fingerprint density at radius 3 is 1.60 bits per heavy atom. The second kappa shape index (κ2) is 11.8. The van der Waals surface area contributed by atoms with Crippen LogP contribution in [0, 0.1) is 0 Å². The van der Waals surface area contributed by atoms with Gasteiger partial charge in [0.2, 0.25) is 0 Å². The quantitative estimate of drug-likeness (QED) is 0.179. The second-order valence-corrected chi connectivity index (χ2v) is 9.77. The van der Waals surface area contributed by atoms with E-state index in [-0.39, 0.29) is 0 Å². The monoisotopic (exact) mass is 644 g/mol. The summed E-state index contributed by atoms with van der Waals surface area (Å²) in [5.74, 6) is 0. The Bertz CT molecular complexity index is 4080. The number of furan rings is 1. The van der Waals surface area contributed by atoms with Crippen molar-refractivity contribution >= 4 is 49.8 Å². The first-order chi connectivity index (χ1) is 36.7. The third-order valence-corrected chi connectivity index (χ3v) is 7.06. The van der Waals surface area contributed by atoms with Gasteiger partial charge >= 0.3 is 0 Å². The fourth-order valence-corrected chi connectivity index (χ4v) is 4.98. The largest absolute Gasteiger partial charge is 0.455 e. The van der Waals surface area contributed by atoms with Crippen LogP contribution in [0.15, 0.2) is 192 Å². The summed E-state index contributed by atoms with van der Waals surface area (Å²) < 4.78 is 283. The zero-order chi connectivity index (χ0) is 58.8. The Morgan fingerprint density at radius 2 is 0.938 bits per heavy atom. The molecule has 0 saturated carbocycles. The van der Waals surface area contributed by atoms with Gasteiger partial charge in [-0.3, -0.25) is 0 Å². The van der Waals surface area contributed by atoms with Crippen molar-refractivity contribution in [2.45, 2.75) is 0 Å². The SMILES string of the molecule is [2H]c1c([2H])c([2H])c(-c2c([2H])c([2H])c(N(c3c([2H])c([2H])c(-c4c([2H])c([2H])c([2H])c([2H])c4[2H])c([2H])c3[2H])c3c([2H])c([2H])c([2H])c([2H])c3-c3c([2H])c([2H])c([2H])c4oc5c6c([2H])c([2H])c([2H])c([2H])c6c([2H])c([2H])c5c34)c([2H])c2[2H])c([2H])c1[2H]. The number of fused-ring (bicyclic) bond motifs is 5. The first-order valence-corrected chi connectivity index (χ1v) is 13.8. The average molecular weight is 645 g/mol. The minimum Gasteiger partial charge on any atom is -0.455 e. The van der Waals surface area contributed by atoms with Crippen LogP contribution in [0.3, 0.4) is 0 Å². The second-order valence-electron chi connectivity index (χ2n) is 9.77. The summed E-state index contributed by atoms with van der Waals surface area (Å²) in [6, 6.07) is -33.1. The molecule has 8 aromatic carbocycles. The predicted octanol–water partition coefficient (Wildman–Crippen LogP) is 13.2. The Balaban J connectivity index is 1.56. The molecule has 0 aliphatic rings. The van der Waals surface area contributed by atoms with Crippen molar-refractivity contribution in [1.29, 1.82) is 0 Å². The van der Waals surface area contributed by atoms with E-state index in [0.717, 1.165) is 0 Å².